The molecule has 0 aliphatic heterocycles. The number of nitrogens with one attached hydrogen (secondary N) is 3. The van der Waals surface area contributed by atoms with Gasteiger partial charge in [0.25, 0.3) is 0 Å². The van der Waals surface area contributed by atoms with E-state index in [9.17, 15) is 0 Å². The molecule has 1 aliphatic rings. The summed E-state index contributed by atoms with van der Waals surface area (Å²) in [6.45, 7) is 4.35. The lowest BCUT2D eigenvalue weighted by molar-refractivity contribution is 0.645. The van der Waals surface area contributed by atoms with Crippen molar-refractivity contribution in [3.63, 3.8) is 0 Å². The summed E-state index contributed by atoms with van der Waals surface area (Å²) in [5, 5.41) is 14.4. The van der Waals surface area contributed by atoms with Crippen molar-refractivity contribution < 1.29 is 0 Å². The Balaban J connectivity index is 1.63. The number of nitrogens with zero attached hydrogens (tertiary/aromatic N) is 2. The SMILES string of the molecule is CCNC(=NCc1ccn[nH]1)NCC1(c2cccc(Cl)c2)CC1. The van der Waals surface area contributed by atoms with E-state index in [1.54, 1.807) is 6.20 Å². The third kappa shape index (κ3) is 4.05. The molecule has 6 heteroatoms. The maximum atomic E-state index is 6.13. The van der Waals surface area contributed by atoms with Gasteiger partial charge in [0, 0.05) is 29.7 Å². The molecule has 1 heterocycles. The smallest absolute Gasteiger partial charge is 0.191 e. The van der Waals surface area contributed by atoms with E-state index in [0.717, 1.165) is 29.8 Å². The van der Waals surface area contributed by atoms with Crippen molar-refractivity contribution in [1.29, 1.82) is 0 Å². The second-order valence-corrected chi connectivity index (χ2v) is 6.36. The van der Waals surface area contributed by atoms with Crippen LogP contribution in [0.4, 0.5) is 0 Å². The summed E-state index contributed by atoms with van der Waals surface area (Å²) >= 11 is 6.13. The molecule has 122 valence electrons. The summed E-state index contributed by atoms with van der Waals surface area (Å²) in [6, 6.07) is 10.1. The van der Waals surface area contributed by atoms with Crippen LogP contribution in [0.1, 0.15) is 31.0 Å². The topological polar surface area (TPSA) is 65.1 Å². The predicted molar refractivity (Wildman–Crippen MR) is 93.8 cm³/mol. The monoisotopic (exact) mass is 331 g/mol. The minimum absolute atomic E-state index is 0.190. The van der Waals surface area contributed by atoms with Gasteiger partial charge in [0.1, 0.15) is 0 Å². The number of aromatic nitrogens is 2. The number of guanidine groups is 1. The molecule has 5 nitrogen and oxygen atoms in total. The van der Waals surface area contributed by atoms with Gasteiger partial charge in [-0.1, -0.05) is 23.7 Å². The molecule has 3 rings (SSSR count). The van der Waals surface area contributed by atoms with E-state index in [1.807, 2.05) is 18.2 Å². The van der Waals surface area contributed by atoms with Crippen LogP contribution in [-0.4, -0.2) is 29.2 Å². The van der Waals surface area contributed by atoms with Gasteiger partial charge in [-0.05, 0) is 43.5 Å². The Morgan fingerprint density at radius 3 is 2.87 bits per heavy atom. The summed E-state index contributed by atoms with van der Waals surface area (Å²) in [5.41, 5.74) is 2.50. The maximum Gasteiger partial charge on any atom is 0.191 e. The first-order valence-corrected chi connectivity index (χ1v) is 8.36. The zero-order valence-electron chi connectivity index (χ0n) is 13.3. The standard InChI is InChI=1S/C17H22ClN5/c1-2-19-16(20-11-15-6-9-22-23-15)21-12-17(7-8-17)13-4-3-5-14(18)10-13/h3-6,9-10H,2,7-8,11-12H2,1H3,(H,22,23)(H2,19,20,21). The average molecular weight is 332 g/mol. The number of benzene rings is 1. The Morgan fingerprint density at radius 1 is 1.35 bits per heavy atom. The first-order valence-electron chi connectivity index (χ1n) is 7.98. The second kappa shape index (κ2) is 7.04. The Morgan fingerprint density at radius 2 is 2.22 bits per heavy atom. The largest absolute Gasteiger partial charge is 0.357 e. The molecule has 1 aromatic carbocycles. The minimum Gasteiger partial charge on any atom is -0.357 e. The highest BCUT2D eigenvalue weighted by Gasteiger charge is 2.44. The fraction of sp³-hybridized carbons (Fsp3) is 0.412. The summed E-state index contributed by atoms with van der Waals surface area (Å²) in [7, 11) is 0. The van der Waals surface area contributed by atoms with E-state index in [-0.39, 0.29) is 5.41 Å². The molecular weight excluding hydrogens is 310 g/mol. The number of rotatable bonds is 6. The number of aliphatic imine (C=N–C) groups is 1. The molecule has 1 saturated carbocycles. The lowest BCUT2D eigenvalue weighted by atomic mass is 9.96. The molecular formula is C17H22ClN5. The van der Waals surface area contributed by atoms with Gasteiger partial charge in [0.2, 0.25) is 0 Å². The Hall–Kier alpha value is -2.01. The van der Waals surface area contributed by atoms with E-state index in [0.29, 0.717) is 6.54 Å². The van der Waals surface area contributed by atoms with Crippen LogP contribution in [0.3, 0.4) is 0 Å². The van der Waals surface area contributed by atoms with Crippen LogP contribution in [0.5, 0.6) is 0 Å². The highest BCUT2D eigenvalue weighted by molar-refractivity contribution is 6.30. The summed E-state index contributed by atoms with van der Waals surface area (Å²) < 4.78 is 0. The van der Waals surface area contributed by atoms with Crippen LogP contribution in [0, 0.1) is 0 Å². The lowest BCUT2D eigenvalue weighted by Gasteiger charge is -2.19. The first-order chi connectivity index (χ1) is 11.2. The first kappa shape index (κ1) is 15.9. The van der Waals surface area contributed by atoms with Gasteiger partial charge < -0.3 is 10.6 Å². The van der Waals surface area contributed by atoms with Gasteiger partial charge in [-0.25, -0.2) is 4.99 Å². The van der Waals surface area contributed by atoms with Crippen molar-refractivity contribution in [1.82, 2.24) is 20.8 Å². The summed E-state index contributed by atoms with van der Waals surface area (Å²) in [5.74, 6) is 0.829. The lowest BCUT2D eigenvalue weighted by Crippen LogP contribution is -2.41. The van der Waals surface area contributed by atoms with E-state index in [1.165, 1.54) is 18.4 Å². The Bertz CT molecular complexity index is 661. The highest BCUT2D eigenvalue weighted by atomic mass is 35.5. The van der Waals surface area contributed by atoms with Crippen LogP contribution in [0.15, 0.2) is 41.5 Å². The van der Waals surface area contributed by atoms with Gasteiger partial charge in [-0.3, -0.25) is 5.10 Å². The fourth-order valence-corrected chi connectivity index (χ4v) is 2.86. The van der Waals surface area contributed by atoms with Crippen LogP contribution < -0.4 is 10.6 Å². The summed E-state index contributed by atoms with van der Waals surface area (Å²) in [4.78, 5) is 4.60. The van der Waals surface area contributed by atoms with Gasteiger partial charge >= 0.3 is 0 Å². The normalized spacial score (nSPS) is 16.2. The quantitative estimate of drug-likeness (QED) is 0.563. The molecule has 1 aromatic heterocycles. The fourth-order valence-electron chi connectivity index (χ4n) is 2.67. The van der Waals surface area contributed by atoms with Gasteiger partial charge in [0.15, 0.2) is 5.96 Å². The van der Waals surface area contributed by atoms with Crippen molar-refractivity contribution >= 4 is 17.6 Å². The van der Waals surface area contributed by atoms with Crippen molar-refractivity contribution in [3.05, 3.63) is 52.8 Å². The number of aromatic amines is 1. The molecule has 0 bridgehead atoms. The minimum atomic E-state index is 0.190. The average Bonchev–Trinajstić information content (AvgIpc) is 3.17. The molecule has 0 atom stereocenters. The molecule has 1 fully saturated rings. The van der Waals surface area contributed by atoms with Crippen molar-refractivity contribution in [2.24, 2.45) is 4.99 Å². The molecule has 3 N–H and O–H groups in total. The van der Waals surface area contributed by atoms with Gasteiger partial charge in [-0.15, -0.1) is 0 Å². The predicted octanol–water partition coefficient (Wildman–Crippen LogP) is 2.85. The third-order valence-electron chi connectivity index (χ3n) is 4.19. The van der Waals surface area contributed by atoms with E-state index in [4.69, 9.17) is 11.6 Å². The number of H-pyrrole nitrogens is 1. The molecule has 1 aliphatic carbocycles. The van der Waals surface area contributed by atoms with Crippen LogP contribution in [-0.2, 0) is 12.0 Å². The molecule has 23 heavy (non-hydrogen) atoms. The maximum absolute atomic E-state index is 6.13. The molecule has 0 saturated heterocycles. The zero-order chi connectivity index (χ0) is 16.1. The third-order valence-corrected chi connectivity index (χ3v) is 4.43. The molecule has 0 unspecified atom stereocenters. The van der Waals surface area contributed by atoms with Crippen molar-refractivity contribution in [2.75, 3.05) is 13.1 Å². The molecule has 2 aromatic rings. The van der Waals surface area contributed by atoms with Crippen molar-refractivity contribution in [3.8, 4) is 0 Å². The Labute approximate surface area is 141 Å². The number of hydrogen-bond acceptors (Lipinski definition) is 2. The van der Waals surface area contributed by atoms with Crippen LogP contribution in [0.25, 0.3) is 0 Å². The second-order valence-electron chi connectivity index (χ2n) is 5.92. The highest BCUT2D eigenvalue weighted by Crippen LogP contribution is 2.48. The van der Waals surface area contributed by atoms with E-state index in [2.05, 4.69) is 44.9 Å². The van der Waals surface area contributed by atoms with Gasteiger partial charge in [-0.2, -0.15) is 5.10 Å². The van der Waals surface area contributed by atoms with Crippen LogP contribution >= 0.6 is 11.6 Å². The molecule has 0 amide bonds. The Kier molecular flexibility index (Phi) is 4.86. The molecule has 0 radical (unpaired) electrons. The van der Waals surface area contributed by atoms with Crippen molar-refractivity contribution in [2.45, 2.75) is 31.7 Å². The summed E-state index contributed by atoms with van der Waals surface area (Å²) in [6.07, 6.45) is 4.10. The van der Waals surface area contributed by atoms with E-state index < -0.39 is 0 Å². The number of halogens is 1. The zero-order valence-corrected chi connectivity index (χ0v) is 14.0. The van der Waals surface area contributed by atoms with E-state index >= 15 is 0 Å². The number of hydrogen-bond donors (Lipinski definition) is 3. The molecule has 0 spiro atoms. The van der Waals surface area contributed by atoms with Gasteiger partial charge in [0.05, 0.1) is 12.2 Å². The van der Waals surface area contributed by atoms with Crippen LogP contribution in [0.2, 0.25) is 5.02 Å².